The standard InChI is InChI=1S/C34H34FN3O6S2/c1-4-17-43-24-14-11-21(12-15-24)30(39)28-29(22-13-16-26(44-18-5-2)27(19-22)42-6-3)38(32(41)31(28)40)33-36-37-34(46-33)45-20-23-9-7-8-10-25(23)35/h7-16,19,29,39H,4-6,17-18,20H2,1-3H3/b30-28+. The third-order valence-electron chi connectivity index (χ3n) is 7.00. The molecule has 12 heteroatoms. The summed E-state index contributed by atoms with van der Waals surface area (Å²) in [4.78, 5) is 28.6. The third kappa shape index (κ3) is 7.18. The highest BCUT2D eigenvalue weighted by Crippen LogP contribution is 2.46. The van der Waals surface area contributed by atoms with Crippen LogP contribution in [0.15, 0.2) is 76.6 Å². The van der Waals surface area contributed by atoms with E-state index < -0.39 is 17.7 Å². The Bertz CT molecular complexity index is 1730. The van der Waals surface area contributed by atoms with Gasteiger partial charge in [0.1, 0.15) is 17.3 Å². The van der Waals surface area contributed by atoms with Gasteiger partial charge in [0.15, 0.2) is 15.8 Å². The van der Waals surface area contributed by atoms with Crippen LogP contribution in [0.3, 0.4) is 0 Å². The van der Waals surface area contributed by atoms with Crippen molar-refractivity contribution in [3.63, 3.8) is 0 Å². The van der Waals surface area contributed by atoms with Gasteiger partial charge in [0, 0.05) is 11.3 Å². The summed E-state index contributed by atoms with van der Waals surface area (Å²) in [7, 11) is 0. The zero-order chi connectivity index (χ0) is 32.6. The lowest BCUT2D eigenvalue weighted by Crippen LogP contribution is -2.29. The SMILES string of the molecule is CCCOc1ccc(/C(O)=C2\C(=O)C(=O)N(c3nnc(SCc4ccccc4F)s3)C2c2ccc(OCCC)c(OCC)c2)cc1. The number of amides is 1. The molecular weight excluding hydrogens is 630 g/mol. The second-order valence-corrected chi connectivity index (χ2v) is 12.4. The van der Waals surface area contributed by atoms with Crippen LogP contribution in [-0.4, -0.2) is 46.8 Å². The fourth-order valence-electron chi connectivity index (χ4n) is 4.84. The maximum atomic E-state index is 14.2. The molecule has 46 heavy (non-hydrogen) atoms. The van der Waals surface area contributed by atoms with Crippen molar-refractivity contribution in [3.8, 4) is 17.2 Å². The lowest BCUT2D eigenvalue weighted by molar-refractivity contribution is -0.132. The summed E-state index contributed by atoms with van der Waals surface area (Å²) in [5.41, 5.74) is 1.25. The highest BCUT2D eigenvalue weighted by molar-refractivity contribution is 8.00. The molecule has 0 bridgehead atoms. The fourth-order valence-corrected chi connectivity index (χ4v) is 6.69. The van der Waals surface area contributed by atoms with Gasteiger partial charge in [-0.2, -0.15) is 0 Å². The molecule has 2 heterocycles. The Morgan fingerprint density at radius 3 is 2.39 bits per heavy atom. The van der Waals surface area contributed by atoms with Crippen LogP contribution in [0.1, 0.15) is 56.3 Å². The fraction of sp³-hybridized carbons (Fsp3) is 0.294. The molecule has 0 radical (unpaired) electrons. The van der Waals surface area contributed by atoms with Crippen molar-refractivity contribution in [2.75, 3.05) is 24.7 Å². The molecule has 1 N–H and O–H groups in total. The van der Waals surface area contributed by atoms with Crippen LogP contribution in [0.2, 0.25) is 0 Å². The molecule has 0 spiro atoms. The maximum absolute atomic E-state index is 14.2. The Morgan fingerprint density at radius 1 is 0.935 bits per heavy atom. The number of ketones is 1. The number of Topliss-reactive ketones (excluding diaryl/α,β-unsaturated/α-hetero) is 1. The van der Waals surface area contributed by atoms with Crippen LogP contribution in [0.4, 0.5) is 9.52 Å². The lowest BCUT2D eigenvalue weighted by Gasteiger charge is -2.23. The van der Waals surface area contributed by atoms with Gasteiger partial charge in [0.25, 0.3) is 5.78 Å². The normalized spacial score (nSPS) is 15.7. The molecule has 4 aromatic rings. The van der Waals surface area contributed by atoms with E-state index >= 15 is 0 Å². The van der Waals surface area contributed by atoms with Crippen LogP contribution in [0.25, 0.3) is 5.76 Å². The van der Waals surface area contributed by atoms with E-state index in [9.17, 15) is 19.1 Å². The third-order valence-corrected chi connectivity index (χ3v) is 9.11. The van der Waals surface area contributed by atoms with Crippen molar-refractivity contribution in [2.24, 2.45) is 0 Å². The Labute approximate surface area is 275 Å². The van der Waals surface area contributed by atoms with E-state index in [-0.39, 0.29) is 22.3 Å². The van der Waals surface area contributed by atoms with Gasteiger partial charge in [0.05, 0.1) is 31.4 Å². The van der Waals surface area contributed by atoms with E-state index in [0.29, 0.717) is 63.9 Å². The monoisotopic (exact) mass is 663 g/mol. The first kappa shape index (κ1) is 33.0. The number of carbonyl (C=O) groups is 2. The molecule has 1 atom stereocenters. The van der Waals surface area contributed by atoms with Crippen LogP contribution in [-0.2, 0) is 15.3 Å². The largest absolute Gasteiger partial charge is 0.507 e. The van der Waals surface area contributed by atoms with E-state index in [2.05, 4.69) is 10.2 Å². The first-order valence-electron chi connectivity index (χ1n) is 15.0. The van der Waals surface area contributed by atoms with Gasteiger partial charge in [0.2, 0.25) is 5.13 Å². The van der Waals surface area contributed by atoms with E-state index in [1.165, 1.54) is 22.7 Å². The number of carbonyl (C=O) groups excluding carboxylic acids is 2. The predicted octanol–water partition coefficient (Wildman–Crippen LogP) is 7.57. The van der Waals surface area contributed by atoms with E-state index in [4.69, 9.17) is 14.2 Å². The first-order chi connectivity index (χ1) is 22.4. The first-order valence-corrected chi connectivity index (χ1v) is 16.8. The average molecular weight is 664 g/mol. The van der Waals surface area contributed by atoms with Crippen LogP contribution >= 0.6 is 23.1 Å². The van der Waals surface area contributed by atoms with Gasteiger partial charge in [-0.05, 0) is 73.4 Å². The zero-order valence-corrected chi connectivity index (χ0v) is 27.3. The number of aliphatic hydroxyl groups excluding tert-OH is 1. The van der Waals surface area contributed by atoms with Gasteiger partial charge in [-0.25, -0.2) is 4.39 Å². The molecule has 9 nitrogen and oxygen atoms in total. The molecule has 1 unspecified atom stereocenters. The topological polar surface area (TPSA) is 111 Å². The Hall–Kier alpha value is -4.42. The lowest BCUT2D eigenvalue weighted by atomic mass is 9.95. The minimum Gasteiger partial charge on any atom is -0.507 e. The maximum Gasteiger partial charge on any atom is 0.301 e. The number of nitrogens with zero attached hydrogens (tertiary/aromatic N) is 3. The summed E-state index contributed by atoms with van der Waals surface area (Å²) < 4.78 is 32.1. The van der Waals surface area contributed by atoms with Crippen molar-refractivity contribution in [2.45, 2.75) is 49.7 Å². The molecule has 1 amide bonds. The Morgan fingerprint density at radius 2 is 1.67 bits per heavy atom. The van der Waals surface area contributed by atoms with Gasteiger partial charge in [-0.1, -0.05) is 61.2 Å². The van der Waals surface area contributed by atoms with Crippen LogP contribution in [0.5, 0.6) is 17.2 Å². The average Bonchev–Trinajstić information content (AvgIpc) is 3.64. The number of rotatable bonds is 14. The van der Waals surface area contributed by atoms with Crippen LogP contribution in [0, 0.1) is 5.82 Å². The Balaban J connectivity index is 1.56. The minimum atomic E-state index is -1.05. The summed E-state index contributed by atoms with van der Waals surface area (Å²) >= 11 is 2.37. The van der Waals surface area contributed by atoms with E-state index in [0.717, 1.165) is 24.2 Å². The van der Waals surface area contributed by atoms with Crippen LogP contribution < -0.4 is 19.1 Å². The summed E-state index contributed by atoms with van der Waals surface area (Å²) in [6, 6.07) is 17.3. The summed E-state index contributed by atoms with van der Waals surface area (Å²) in [6.07, 6.45) is 1.64. The molecule has 240 valence electrons. The number of hydrogen-bond acceptors (Lipinski definition) is 10. The molecule has 3 aromatic carbocycles. The number of thioether (sulfide) groups is 1. The van der Waals surface area contributed by atoms with Crippen molar-refractivity contribution >= 4 is 45.7 Å². The molecule has 1 saturated heterocycles. The Kier molecular flexibility index (Phi) is 10.9. The number of halogens is 1. The molecule has 0 saturated carbocycles. The number of aliphatic hydroxyl groups is 1. The number of aromatic nitrogens is 2. The molecule has 1 fully saturated rings. The highest BCUT2D eigenvalue weighted by Gasteiger charge is 2.48. The zero-order valence-electron chi connectivity index (χ0n) is 25.7. The molecule has 1 aliphatic heterocycles. The van der Waals surface area contributed by atoms with Gasteiger partial charge >= 0.3 is 5.91 Å². The second-order valence-electron chi connectivity index (χ2n) is 10.3. The molecule has 5 rings (SSSR count). The number of ether oxygens (including phenoxy) is 3. The van der Waals surface area contributed by atoms with Crippen molar-refractivity contribution in [1.82, 2.24) is 10.2 Å². The number of anilines is 1. The van der Waals surface area contributed by atoms with Gasteiger partial charge in [-0.3, -0.25) is 14.5 Å². The predicted molar refractivity (Wildman–Crippen MR) is 176 cm³/mol. The van der Waals surface area contributed by atoms with E-state index in [1.54, 1.807) is 60.7 Å². The highest BCUT2D eigenvalue weighted by atomic mass is 32.2. The smallest absolute Gasteiger partial charge is 0.301 e. The summed E-state index contributed by atoms with van der Waals surface area (Å²) in [6.45, 7) is 7.22. The second kappa shape index (κ2) is 15.2. The molecule has 1 aliphatic rings. The van der Waals surface area contributed by atoms with Crippen molar-refractivity contribution < 1.29 is 33.3 Å². The molecule has 0 aliphatic carbocycles. The van der Waals surface area contributed by atoms with Crippen molar-refractivity contribution in [1.29, 1.82) is 0 Å². The molecular formula is C34H34FN3O6S2. The minimum absolute atomic E-state index is 0.104. The van der Waals surface area contributed by atoms with E-state index in [1.807, 2.05) is 20.8 Å². The summed E-state index contributed by atoms with van der Waals surface area (Å²) in [5.74, 6) is -0.506. The molecule has 1 aromatic heterocycles. The van der Waals surface area contributed by atoms with Crippen molar-refractivity contribution in [3.05, 3.63) is 94.8 Å². The summed E-state index contributed by atoms with van der Waals surface area (Å²) in [5, 5.41) is 20.2. The number of hydrogen-bond donors (Lipinski definition) is 1. The van der Waals surface area contributed by atoms with Gasteiger partial charge < -0.3 is 19.3 Å². The number of benzene rings is 3. The van der Waals surface area contributed by atoms with Gasteiger partial charge in [-0.15, -0.1) is 10.2 Å². The quantitative estimate of drug-likeness (QED) is 0.0480.